The van der Waals surface area contributed by atoms with Crippen LogP contribution in [-0.4, -0.2) is 48.1 Å². The average Bonchev–Trinajstić information content (AvgIpc) is 2.53. The first-order chi connectivity index (χ1) is 11.0. The van der Waals surface area contributed by atoms with Gasteiger partial charge in [0.1, 0.15) is 12.0 Å². The number of nitrogen functional groups attached to an aromatic ring is 1. The number of nitrogens with zero attached hydrogens (tertiary/aromatic N) is 4. The molecule has 0 saturated carbocycles. The van der Waals surface area contributed by atoms with Crippen LogP contribution in [0.3, 0.4) is 0 Å². The van der Waals surface area contributed by atoms with Crippen LogP contribution in [0.5, 0.6) is 0 Å². The van der Waals surface area contributed by atoms with Gasteiger partial charge in [-0.05, 0) is 25.2 Å². The van der Waals surface area contributed by atoms with E-state index < -0.39 is 0 Å². The Morgan fingerprint density at radius 2 is 1.96 bits per heavy atom. The van der Waals surface area contributed by atoms with Gasteiger partial charge in [0.05, 0.1) is 11.4 Å². The molecular weight excluding hydrogens is 380 g/mol. The number of hydrogen-bond acceptors (Lipinski definition) is 6. The molecule has 2 heterocycles. The Balaban J connectivity index is 1.92. The first-order valence-electron chi connectivity index (χ1n) is 7.30. The van der Waals surface area contributed by atoms with Gasteiger partial charge in [0.25, 0.3) is 0 Å². The van der Waals surface area contributed by atoms with E-state index in [0.717, 1.165) is 42.0 Å². The number of rotatable bonds is 3. The van der Waals surface area contributed by atoms with Gasteiger partial charge >= 0.3 is 0 Å². The number of nitrogens with one attached hydrogen (secondary N) is 1. The topological polar surface area (TPSA) is 70.3 Å². The van der Waals surface area contributed by atoms with Crippen LogP contribution in [0.4, 0.5) is 22.9 Å². The quantitative estimate of drug-likeness (QED) is 0.776. The van der Waals surface area contributed by atoms with Gasteiger partial charge in [0, 0.05) is 30.7 Å². The molecule has 1 aromatic heterocycles. The largest absolute Gasteiger partial charge is 0.393 e. The predicted molar refractivity (Wildman–Crippen MR) is 98.6 cm³/mol. The summed E-state index contributed by atoms with van der Waals surface area (Å²) in [5, 5.41) is 3.53. The number of aromatic nitrogens is 2. The monoisotopic (exact) mass is 396 g/mol. The fourth-order valence-electron chi connectivity index (χ4n) is 2.53. The molecule has 1 saturated heterocycles. The smallest absolute Gasteiger partial charge is 0.158 e. The van der Waals surface area contributed by atoms with E-state index in [0.29, 0.717) is 11.5 Å². The summed E-state index contributed by atoms with van der Waals surface area (Å²) < 4.78 is 0.983. The van der Waals surface area contributed by atoms with Crippen LogP contribution in [0.25, 0.3) is 0 Å². The van der Waals surface area contributed by atoms with Gasteiger partial charge in [-0.15, -0.1) is 0 Å². The summed E-state index contributed by atoms with van der Waals surface area (Å²) in [4.78, 5) is 12.8. The van der Waals surface area contributed by atoms with Gasteiger partial charge in [-0.3, -0.25) is 0 Å². The maximum absolute atomic E-state index is 5.97. The predicted octanol–water partition coefficient (Wildman–Crippen LogP) is 2.97. The van der Waals surface area contributed by atoms with Gasteiger partial charge in [-0.2, -0.15) is 0 Å². The number of nitrogens with two attached hydrogens (primary N) is 1. The number of halogens is 2. The molecule has 0 amide bonds. The highest BCUT2D eigenvalue weighted by molar-refractivity contribution is 9.10. The fourth-order valence-corrected chi connectivity index (χ4v) is 3.03. The Hall–Kier alpha value is -1.57. The normalized spacial score (nSPS) is 15.7. The third-order valence-corrected chi connectivity index (χ3v) is 4.69. The van der Waals surface area contributed by atoms with E-state index in [9.17, 15) is 0 Å². The van der Waals surface area contributed by atoms with Crippen molar-refractivity contribution >= 4 is 50.4 Å². The van der Waals surface area contributed by atoms with E-state index in [1.807, 2.05) is 12.1 Å². The van der Waals surface area contributed by atoms with Crippen molar-refractivity contribution in [3.8, 4) is 0 Å². The summed E-state index contributed by atoms with van der Waals surface area (Å²) in [6.45, 7) is 4.04. The molecule has 6 nitrogen and oxygen atoms in total. The first-order valence-corrected chi connectivity index (χ1v) is 8.47. The second kappa shape index (κ2) is 6.90. The molecule has 0 unspecified atom stereocenters. The first kappa shape index (κ1) is 16.3. The van der Waals surface area contributed by atoms with Crippen LogP contribution in [0.2, 0.25) is 5.15 Å². The molecule has 122 valence electrons. The summed E-state index contributed by atoms with van der Waals surface area (Å²) in [6, 6.07) is 6.15. The number of hydrogen-bond donors (Lipinski definition) is 2. The van der Waals surface area contributed by atoms with E-state index in [-0.39, 0.29) is 5.15 Å². The molecule has 3 N–H and O–H groups in total. The number of benzene rings is 1. The second-order valence-corrected chi connectivity index (χ2v) is 6.78. The second-order valence-electron chi connectivity index (χ2n) is 5.50. The van der Waals surface area contributed by atoms with Gasteiger partial charge in [-0.25, -0.2) is 9.97 Å². The molecule has 0 aliphatic carbocycles. The molecule has 23 heavy (non-hydrogen) atoms. The van der Waals surface area contributed by atoms with Gasteiger partial charge in [0.2, 0.25) is 0 Å². The number of anilines is 4. The zero-order valence-corrected chi connectivity index (χ0v) is 15.1. The van der Waals surface area contributed by atoms with Gasteiger partial charge in [-0.1, -0.05) is 27.5 Å². The third kappa shape index (κ3) is 3.68. The van der Waals surface area contributed by atoms with Crippen molar-refractivity contribution in [2.24, 2.45) is 0 Å². The van der Waals surface area contributed by atoms with Crippen LogP contribution in [0.1, 0.15) is 0 Å². The minimum atomic E-state index is 0.249. The molecule has 0 atom stereocenters. The van der Waals surface area contributed by atoms with Crippen molar-refractivity contribution in [1.29, 1.82) is 0 Å². The Morgan fingerprint density at radius 3 is 2.70 bits per heavy atom. The van der Waals surface area contributed by atoms with Crippen molar-refractivity contribution in [2.45, 2.75) is 0 Å². The zero-order valence-electron chi connectivity index (χ0n) is 12.8. The Morgan fingerprint density at radius 1 is 1.22 bits per heavy atom. The molecule has 0 radical (unpaired) electrons. The average molecular weight is 398 g/mol. The Kier molecular flexibility index (Phi) is 4.89. The van der Waals surface area contributed by atoms with Crippen LogP contribution in [0.15, 0.2) is 29.0 Å². The molecule has 1 aliphatic rings. The van der Waals surface area contributed by atoms with E-state index >= 15 is 0 Å². The molecule has 8 heteroatoms. The third-order valence-electron chi connectivity index (χ3n) is 3.89. The molecule has 0 spiro atoms. The number of likely N-dealkylation sites (N-methyl/N-ethyl adjacent to an activating group) is 1. The van der Waals surface area contributed by atoms with E-state index in [4.69, 9.17) is 17.3 Å². The highest BCUT2D eigenvalue weighted by Gasteiger charge is 2.18. The summed E-state index contributed by atoms with van der Waals surface area (Å²) >= 11 is 9.49. The molecule has 3 rings (SSSR count). The molecular formula is C15H18BrClN6. The molecule has 1 aliphatic heterocycles. The fraction of sp³-hybridized carbons (Fsp3) is 0.333. The number of piperazine rings is 1. The minimum absolute atomic E-state index is 0.249. The Labute approximate surface area is 148 Å². The van der Waals surface area contributed by atoms with Crippen molar-refractivity contribution in [3.63, 3.8) is 0 Å². The van der Waals surface area contributed by atoms with Crippen molar-refractivity contribution in [3.05, 3.63) is 34.2 Å². The van der Waals surface area contributed by atoms with Crippen molar-refractivity contribution in [2.75, 3.05) is 49.2 Å². The lowest BCUT2D eigenvalue weighted by Crippen LogP contribution is -2.44. The van der Waals surface area contributed by atoms with Crippen LogP contribution in [0, 0.1) is 0 Å². The lowest BCUT2D eigenvalue weighted by atomic mass is 10.2. The van der Waals surface area contributed by atoms with Crippen molar-refractivity contribution in [1.82, 2.24) is 14.9 Å². The lowest BCUT2D eigenvalue weighted by Gasteiger charge is -2.35. The highest BCUT2D eigenvalue weighted by Crippen LogP contribution is 2.34. The SMILES string of the molecule is CN1CCN(c2ccc(Br)cc2Nc2ncnc(Cl)c2N)CC1. The Bertz CT molecular complexity index is 702. The zero-order chi connectivity index (χ0) is 16.4. The maximum atomic E-state index is 5.97. The summed E-state index contributed by atoms with van der Waals surface area (Å²) in [7, 11) is 2.14. The van der Waals surface area contributed by atoms with Gasteiger partial charge in [0.15, 0.2) is 11.0 Å². The van der Waals surface area contributed by atoms with Crippen LogP contribution < -0.4 is 16.0 Å². The molecule has 2 aromatic rings. The summed E-state index contributed by atoms with van der Waals surface area (Å²) in [6.07, 6.45) is 1.40. The van der Waals surface area contributed by atoms with E-state index in [1.54, 1.807) is 0 Å². The van der Waals surface area contributed by atoms with Gasteiger partial charge < -0.3 is 20.9 Å². The van der Waals surface area contributed by atoms with Crippen LogP contribution in [-0.2, 0) is 0 Å². The van der Waals surface area contributed by atoms with Crippen LogP contribution >= 0.6 is 27.5 Å². The molecule has 1 aromatic carbocycles. The van der Waals surface area contributed by atoms with E-state index in [2.05, 4.69) is 54.1 Å². The standard InChI is InChI=1S/C15H18BrClN6/c1-22-4-6-23(7-5-22)12-3-2-10(16)8-11(12)21-15-13(18)14(17)19-9-20-15/h2-3,8-9H,4-7,18H2,1H3,(H,19,20,21). The molecule has 0 bridgehead atoms. The lowest BCUT2D eigenvalue weighted by molar-refractivity contribution is 0.313. The molecule has 1 fully saturated rings. The maximum Gasteiger partial charge on any atom is 0.158 e. The minimum Gasteiger partial charge on any atom is -0.393 e. The summed E-state index contributed by atoms with van der Waals surface area (Å²) in [5.74, 6) is 0.512. The summed E-state index contributed by atoms with van der Waals surface area (Å²) in [5.41, 5.74) is 8.37. The van der Waals surface area contributed by atoms with E-state index in [1.165, 1.54) is 6.33 Å². The highest BCUT2D eigenvalue weighted by atomic mass is 79.9. The van der Waals surface area contributed by atoms with Crippen molar-refractivity contribution < 1.29 is 0 Å².